The average Bonchev–Trinajstić information content (AvgIpc) is 3.25. The zero-order valence-corrected chi connectivity index (χ0v) is 22.1. The van der Waals surface area contributed by atoms with Crippen molar-refractivity contribution in [2.24, 2.45) is 23.3 Å². The van der Waals surface area contributed by atoms with Crippen LogP contribution in [0.4, 0.5) is 0 Å². The van der Waals surface area contributed by atoms with Crippen LogP contribution in [-0.2, 0) is 30.4 Å². The predicted molar refractivity (Wildman–Crippen MR) is 142 cm³/mol. The van der Waals surface area contributed by atoms with Crippen molar-refractivity contribution >= 4 is 40.5 Å². The molecule has 0 spiro atoms. The molecule has 0 fully saturated rings. The highest BCUT2D eigenvalue weighted by Crippen LogP contribution is 2.19. The second-order valence-corrected chi connectivity index (χ2v) is 10.0. The highest BCUT2D eigenvalue weighted by molar-refractivity contribution is 5.94. The van der Waals surface area contributed by atoms with Gasteiger partial charge in [-0.2, -0.15) is 0 Å². The van der Waals surface area contributed by atoms with Gasteiger partial charge in [0, 0.05) is 29.9 Å². The van der Waals surface area contributed by atoms with Gasteiger partial charge in [-0.1, -0.05) is 45.9 Å². The summed E-state index contributed by atoms with van der Waals surface area (Å²) in [6.45, 7) is 6.85. The molecule has 38 heavy (non-hydrogen) atoms. The summed E-state index contributed by atoms with van der Waals surface area (Å²) in [4.78, 5) is 64.8. The van der Waals surface area contributed by atoms with E-state index < -0.39 is 53.8 Å². The van der Waals surface area contributed by atoms with E-state index in [1.807, 2.05) is 24.3 Å². The van der Waals surface area contributed by atoms with Crippen molar-refractivity contribution in [3.05, 3.63) is 36.0 Å². The molecule has 0 saturated carbocycles. The predicted octanol–water partition coefficient (Wildman–Crippen LogP) is 0.154. The lowest BCUT2D eigenvalue weighted by molar-refractivity contribution is -0.142. The molecular formula is C26H38N6O6. The third-order valence-corrected chi connectivity index (χ3v) is 6.25. The summed E-state index contributed by atoms with van der Waals surface area (Å²) in [5.41, 5.74) is 12.5. The second-order valence-electron chi connectivity index (χ2n) is 10.0. The van der Waals surface area contributed by atoms with Crippen molar-refractivity contribution in [3.63, 3.8) is 0 Å². The van der Waals surface area contributed by atoms with Crippen LogP contribution in [0.2, 0.25) is 0 Å². The summed E-state index contributed by atoms with van der Waals surface area (Å²) < 4.78 is 0. The number of rotatable bonds is 14. The molecule has 1 heterocycles. The molecule has 208 valence electrons. The molecule has 2 rings (SSSR count). The number of carbonyl (C=O) groups is 5. The van der Waals surface area contributed by atoms with Crippen molar-refractivity contribution in [2.45, 2.75) is 71.1 Å². The fourth-order valence-corrected chi connectivity index (χ4v) is 3.98. The van der Waals surface area contributed by atoms with Gasteiger partial charge in [0.2, 0.25) is 23.6 Å². The molecule has 0 aliphatic rings. The smallest absolute Gasteiger partial charge is 0.326 e. The number of primary amides is 1. The number of para-hydroxylation sites is 1. The van der Waals surface area contributed by atoms with Crippen molar-refractivity contribution in [3.8, 4) is 0 Å². The van der Waals surface area contributed by atoms with Crippen LogP contribution in [0.3, 0.4) is 0 Å². The fourth-order valence-electron chi connectivity index (χ4n) is 3.98. The van der Waals surface area contributed by atoms with E-state index in [0.29, 0.717) is 0 Å². The number of benzene rings is 1. The van der Waals surface area contributed by atoms with E-state index in [1.165, 1.54) is 0 Å². The lowest BCUT2D eigenvalue weighted by Gasteiger charge is -2.28. The highest BCUT2D eigenvalue weighted by atomic mass is 16.4. The number of carbonyl (C=O) groups excluding carboxylic acids is 4. The average molecular weight is 531 g/mol. The number of H-pyrrole nitrogens is 1. The van der Waals surface area contributed by atoms with E-state index >= 15 is 0 Å². The molecule has 9 N–H and O–H groups in total. The number of aliphatic carboxylic acids is 1. The topological polar surface area (TPSA) is 209 Å². The van der Waals surface area contributed by atoms with E-state index in [2.05, 4.69) is 20.9 Å². The molecule has 0 bridgehead atoms. The lowest BCUT2D eigenvalue weighted by Crippen LogP contribution is -2.59. The summed E-state index contributed by atoms with van der Waals surface area (Å²) in [5, 5.41) is 18.4. The largest absolute Gasteiger partial charge is 0.480 e. The minimum absolute atomic E-state index is 0.0254. The maximum absolute atomic E-state index is 13.2. The lowest BCUT2D eigenvalue weighted by atomic mass is 9.98. The summed E-state index contributed by atoms with van der Waals surface area (Å²) >= 11 is 0. The van der Waals surface area contributed by atoms with Crippen LogP contribution in [0.1, 0.15) is 46.1 Å². The molecular weight excluding hydrogens is 492 g/mol. The molecule has 0 saturated heterocycles. The van der Waals surface area contributed by atoms with Gasteiger partial charge in [0.05, 0.1) is 6.04 Å². The zero-order valence-electron chi connectivity index (χ0n) is 22.1. The number of fused-ring (bicyclic) bond motifs is 1. The quantitative estimate of drug-likeness (QED) is 0.180. The van der Waals surface area contributed by atoms with Gasteiger partial charge in [-0.25, -0.2) is 4.79 Å². The van der Waals surface area contributed by atoms with Crippen LogP contribution in [0.5, 0.6) is 0 Å². The van der Waals surface area contributed by atoms with Crippen LogP contribution in [-0.4, -0.2) is 63.9 Å². The maximum Gasteiger partial charge on any atom is 0.326 e. The summed E-state index contributed by atoms with van der Waals surface area (Å²) in [5.74, 6) is -4.46. The molecule has 1 aromatic heterocycles. The highest BCUT2D eigenvalue weighted by Gasteiger charge is 2.33. The summed E-state index contributed by atoms with van der Waals surface area (Å²) in [6.07, 6.45) is 1.69. The number of amides is 4. The number of aromatic amines is 1. The Morgan fingerprint density at radius 3 is 2.00 bits per heavy atom. The number of hydrogen-bond acceptors (Lipinski definition) is 6. The van der Waals surface area contributed by atoms with Crippen LogP contribution < -0.4 is 27.4 Å². The number of nitrogens with two attached hydrogens (primary N) is 2. The van der Waals surface area contributed by atoms with Crippen LogP contribution in [0, 0.1) is 11.8 Å². The Kier molecular flexibility index (Phi) is 10.8. The fraction of sp³-hybridized carbons (Fsp3) is 0.500. The maximum atomic E-state index is 13.2. The summed E-state index contributed by atoms with van der Waals surface area (Å²) in [7, 11) is 0. The van der Waals surface area contributed by atoms with E-state index in [0.717, 1.165) is 16.5 Å². The molecule has 12 heteroatoms. The van der Waals surface area contributed by atoms with Gasteiger partial charge in [-0.05, 0) is 29.9 Å². The van der Waals surface area contributed by atoms with E-state index in [9.17, 15) is 29.1 Å². The summed E-state index contributed by atoms with van der Waals surface area (Å²) in [6, 6.07) is 3.08. The molecule has 2 aromatic rings. The molecule has 1 aromatic carbocycles. The minimum atomic E-state index is -1.23. The number of nitrogens with one attached hydrogen (secondary N) is 4. The molecule has 0 aliphatic carbocycles. The van der Waals surface area contributed by atoms with Crippen LogP contribution in [0.15, 0.2) is 30.5 Å². The van der Waals surface area contributed by atoms with Crippen LogP contribution >= 0.6 is 0 Å². The Morgan fingerprint density at radius 2 is 1.45 bits per heavy atom. The Morgan fingerprint density at radius 1 is 0.895 bits per heavy atom. The van der Waals surface area contributed by atoms with Gasteiger partial charge in [-0.3, -0.25) is 19.2 Å². The molecule has 0 radical (unpaired) electrons. The Bertz CT molecular complexity index is 1160. The molecule has 12 nitrogen and oxygen atoms in total. The number of carboxylic acid groups (broad SMARTS) is 1. The molecule has 4 amide bonds. The van der Waals surface area contributed by atoms with Crippen molar-refractivity contribution in [2.75, 3.05) is 0 Å². The van der Waals surface area contributed by atoms with Crippen molar-refractivity contribution < 1.29 is 29.1 Å². The molecule has 4 unspecified atom stereocenters. The first-order chi connectivity index (χ1) is 17.8. The van der Waals surface area contributed by atoms with E-state index in [4.69, 9.17) is 11.5 Å². The normalized spacial score (nSPS) is 14.5. The molecule has 0 aliphatic heterocycles. The van der Waals surface area contributed by atoms with Crippen LogP contribution in [0.25, 0.3) is 10.9 Å². The first-order valence-corrected chi connectivity index (χ1v) is 12.5. The van der Waals surface area contributed by atoms with Crippen molar-refractivity contribution in [1.82, 2.24) is 20.9 Å². The second kappa shape index (κ2) is 13.6. The zero-order chi connectivity index (χ0) is 28.6. The van der Waals surface area contributed by atoms with Gasteiger partial charge in [0.1, 0.15) is 18.1 Å². The van der Waals surface area contributed by atoms with Gasteiger partial charge in [0.15, 0.2) is 0 Å². The SMILES string of the molecule is CC(C)C(NC(=O)C(N)CCC(N)=O)C(=O)NC(C(=O)NC(Cc1c[nH]c2ccccc12)C(=O)O)C(C)C. The van der Waals surface area contributed by atoms with E-state index in [1.54, 1.807) is 33.9 Å². The number of hydrogen-bond donors (Lipinski definition) is 7. The molecule has 4 atom stereocenters. The third kappa shape index (κ3) is 8.30. The Balaban J connectivity index is 2.11. The standard InChI is InChI=1S/C26H38N6O6/c1-13(2)21(32-25(36)22(14(3)4)31-23(34)17(27)9-10-20(28)33)24(35)30-19(26(37)38)11-15-12-29-18-8-6-5-7-16(15)18/h5-8,12-14,17,19,21-22,29H,9-11,27H2,1-4H3,(H2,28,33)(H,30,35)(H,31,34)(H,32,36)(H,37,38). The monoisotopic (exact) mass is 530 g/mol. The third-order valence-electron chi connectivity index (χ3n) is 6.25. The number of carboxylic acids is 1. The Hall–Kier alpha value is -3.93. The van der Waals surface area contributed by atoms with Gasteiger partial charge in [0.25, 0.3) is 0 Å². The van der Waals surface area contributed by atoms with Gasteiger partial charge in [-0.15, -0.1) is 0 Å². The number of aromatic nitrogens is 1. The first kappa shape index (κ1) is 30.3. The van der Waals surface area contributed by atoms with Crippen molar-refractivity contribution in [1.29, 1.82) is 0 Å². The minimum Gasteiger partial charge on any atom is -0.480 e. The van der Waals surface area contributed by atoms with Gasteiger partial charge < -0.3 is 37.5 Å². The van der Waals surface area contributed by atoms with E-state index in [-0.39, 0.29) is 31.1 Å². The first-order valence-electron chi connectivity index (χ1n) is 12.5. The Labute approximate surface area is 221 Å². The van der Waals surface area contributed by atoms with Gasteiger partial charge >= 0.3 is 5.97 Å².